The molecule has 3 rings (SSSR count). The Kier molecular flexibility index (Phi) is 6.17. The molecule has 0 unspecified atom stereocenters. The molecule has 0 fully saturated rings. The van der Waals surface area contributed by atoms with Crippen LogP contribution in [-0.2, 0) is 17.5 Å². The van der Waals surface area contributed by atoms with Crippen molar-refractivity contribution in [2.45, 2.75) is 24.8 Å². The van der Waals surface area contributed by atoms with Gasteiger partial charge >= 0.3 is 6.18 Å². The van der Waals surface area contributed by atoms with Gasteiger partial charge in [-0.25, -0.2) is 4.98 Å². The van der Waals surface area contributed by atoms with Crippen LogP contribution in [0.1, 0.15) is 18.1 Å². The van der Waals surface area contributed by atoms with Gasteiger partial charge in [0.25, 0.3) is 0 Å². The van der Waals surface area contributed by atoms with Crippen LogP contribution in [-0.4, -0.2) is 21.1 Å². The minimum absolute atomic E-state index is 0.109. The third-order valence-corrected chi connectivity index (χ3v) is 5.32. The fraction of sp³-hybridized carbons (Fsp3) is 0.190. The van der Waals surface area contributed by atoms with Crippen molar-refractivity contribution < 1.29 is 18.0 Å². The largest absolute Gasteiger partial charge is 0.416 e. The average Bonchev–Trinajstić information content (AvgIpc) is 3.03. The number of rotatable bonds is 6. The van der Waals surface area contributed by atoms with Crippen LogP contribution >= 0.6 is 11.8 Å². The SMILES string of the molecule is C/C(N)=C(\C#N)C(=O)CSc1nc2cc(C(F)(F)F)ccc2n1Cc1ccccc1. The van der Waals surface area contributed by atoms with Crippen LogP contribution in [0.5, 0.6) is 0 Å². The predicted molar refractivity (Wildman–Crippen MR) is 109 cm³/mol. The summed E-state index contributed by atoms with van der Waals surface area (Å²) in [6, 6.07) is 14.5. The molecule has 0 atom stereocenters. The predicted octanol–water partition coefficient (Wildman–Crippen LogP) is 4.52. The van der Waals surface area contributed by atoms with Crippen molar-refractivity contribution in [3.05, 3.63) is 70.9 Å². The number of hydrogen-bond donors (Lipinski definition) is 1. The fourth-order valence-electron chi connectivity index (χ4n) is 2.89. The summed E-state index contributed by atoms with van der Waals surface area (Å²) >= 11 is 1.05. The second kappa shape index (κ2) is 8.63. The van der Waals surface area contributed by atoms with E-state index >= 15 is 0 Å². The van der Waals surface area contributed by atoms with Gasteiger partial charge in [-0.1, -0.05) is 42.1 Å². The van der Waals surface area contributed by atoms with E-state index in [0.717, 1.165) is 29.5 Å². The van der Waals surface area contributed by atoms with Crippen molar-refractivity contribution in [3.8, 4) is 6.07 Å². The first kappa shape index (κ1) is 21.5. The number of hydrogen-bond acceptors (Lipinski definition) is 5. The summed E-state index contributed by atoms with van der Waals surface area (Å²) in [4.78, 5) is 16.6. The summed E-state index contributed by atoms with van der Waals surface area (Å²) in [6.07, 6.45) is -4.48. The molecule has 0 aliphatic rings. The van der Waals surface area contributed by atoms with Crippen molar-refractivity contribution in [1.82, 2.24) is 9.55 Å². The maximum absolute atomic E-state index is 13.1. The van der Waals surface area contributed by atoms with Crippen LogP contribution in [0.3, 0.4) is 0 Å². The number of aromatic nitrogens is 2. The number of nitrogens with two attached hydrogens (primary N) is 1. The first-order chi connectivity index (χ1) is 14.2. The Bertz CT molecular complexity index is 1160. The van der Waals surface area contributed by atoms with Gasteiger partial charge in [0, 0.05) is 5.70 Å². The number of nitrogens with zero attached hydrogens (tertiary/aromatic N) is 3. The van der Waals surface area contributed by atoms with E-state index < -0.39 is 17.5 Å². The second-order valence-corrected chi connectivity index (χ2v) is 7.49. The molecule has 0 saturated carbocycles. The monoisotopic (exact) mass is 430 g/mol. The van der Waals surface area contributed by atoms with Crippen LogP contribution in [0, 0.1) is 11.3 Å². The van der Waals surface area contributed by atoms with Crippen molar-refractivity contribution in [3.63, 3.8) is 0 Å². The third kappa shape index (κ3) is 4.66. The second-order valence-electron chi connectivity index (χ2n) is 6.55. The van der Waals surface area contributed by atoms with E-state index in [-0.39, 0.29) is 22.5 Å². The van der Waals surface area contributed by atoms with Gasteiger partial charge in [-0.05, 0) is 30.7 Å². The van der Waals surface area contributed by atoms with E-state index in [1.165, 1.54) is 13.0 Å². The highest BCUT2D eigenvalue weighted by atomic mass is 32.2. The van der Waals surface area contributed by atoms with Gasteiger partial charge in [0.15, 0.2) is 10.9 Å². The number of alkyl halides is 3. The molecule has 154 valence electrons. The fourth-order valence-corrected chi connectivity index (χ4v) is 3.77. The Labute approximate surface area is 175 Å². The molecule has 0 aliphatic heterocycles. The molecule has 30 heavy (non-hydrogen) atoms. The average molecular weight is 430 g/mol. The van der Waals surface area contributed by atoms with Gasteiger partial charge in [0.2, 0.25) is 0 Å². The molecule has 0 aliphatic carbocycles. The minimum atomic E-state index is -4.48. The first-order valence-corrected chi connectivity index (χ1v) is 9.83. The van der Waals surface area contributed by atoms with E-state index in [1.807, 2.05) is 30.3 Å². The molecule has 1 heterocycles. The molecule has 0 radical (unpaired) electrons. The Hall–Kier alpha value is -3.25. The highest BCUT2D eigenvalue weighted by molar-refractivity contribution is 7.99. The number of Topliss-reactive ketones (excluding diaryl/α,β-unsaturated/α-hetero) is 1. The zero-order valence-electron chi connectivity index (χ0n) is 15.9. The molecule has 2 aromatic carbocycles. The lowest BCUT2D eigenvalue weighted by Gasteiger charge is -2.10. The molecule has 3 aromatic rings. The van der Waals surface area contributed by atoms with Gasteiger partial charge in [0.05, 0.1) is 28.9 Å². The Morgan fingerprint density at radius 3 is 2.53 bits per heavy atom. The van der Waals surface area contributed by atoms with E-state index in [1.54, 1.807) is 10.6 Å². The molecule has 2 N–H and O–H groups in total. The number of ketones is 1. The number of fused-ring (bicyclic) bond motifs is 1. The maximum atomic E-state index is 13.1. The van der Waals surface area contributed by atoms with Crippen LogP contribution in [0.15, 0.2) is 65.0 Å². The minimum Gasteiger partial charge on any atom is -0.401 e. The van der Waals surface area contributed by atoms with Crippen LogP contribution in [0.25, 0.3) is 11.0 Å². The number of thioether (sulfide) groups is 1. The molecular weight excluding hydrogens is 413 g/mol. The summed E-state index contributed by atoms with van der Waals surface area (Å²) in [6.45, 7) is 1.83. The topological polar surface area (TPSA) is 84.7 Å². The molecule has 9 heteroatoms. The van der Waals surface area contributed by atoms with Crippen molar-refractivity contribution >= 4 is 28.6 Å². The van der Waals surface area contributed by atoms with Crippen molar-refractivity contribution in [1.29, 1.82) is 5.26 Å². The highest BCUT2D eigenvalue weighted by Gasteiger charge is 2.31. The van der Waals surface area contributed by atoms with Crippen LogP contribution < -0.4 is 5.73 Å². The number of halogens is 3. The summed E-state index contributed by atoms with van der Waals surface area (Å²) in [5.74, 6) is -0.571. The molecule has 0 spiro atoms. The molecule has 0 saturated heterocycles. The number of imidazole rings is 1. The van der Waals surface area contributed by atoms with Crippen LogP contribution in [0.4, 0.5) is 13.2 Å². The van der Waals surface area contributed by atoms with Gasteiger partial charge < -0.3 is 10.3 Å². The van der Waals surface area contributed by atoms with Crippen LogP contribution in [0.2, 0.25) is 0 Å². The lowest BCUT2D eigenvalue weighted by atomic mass is 10.2. The summed E-state index contributed by atoms with van der Waals surface area (Å²) in [5, 5.41) is 9.47. The zero-order chi connectivity index (χ0) is 21.9. The zero-order valence-corrected chi connectivity index (χ0v) is 16.7. The van der Waals surface area contributed by atoms with Crippen molar-refractivity contribution in [2.24, 2.45) is 5.73 Å². The quantitative estimate of drug-likeness (QED) is 0.353. The number of nitriles is 1. The lowest BCUT2D eigenvalue weighted by molar-refractivity contribution is -0.137. The normalized spacial score (nSPS) is 12.5. The third-order valence-electron chi connectivity index (χ3n) is 4.34. The summed E-state index contributed by atoms with van der Waals surface area (Å²) in [7, 11) is 0. The Morgan fingerprint density at radius 1 is 1.23 bits per heavy atom. The molecule has 0 bridgehead atoms. The number of carbonyl (C=O) groups excluding carboxylic acids is 1. The molecular formula is C21H17F3N4OS. The summed E-state index contributed by atoms with van der Waals surface area (Å²) in [5.41, 5.74) is 6.40. The van der Waals surface area contributed by atoms with E-state index in [2.05, 4.69) is 4.98 Å². The van der Waals surface area contributed by atoms with Crippen molar-refractivity contribution in [2.75, 3.05) is 5.75 Å². The summed E-state index contributed by atoms with van der Waals surface area (Å²) < 4.78 is 41.0. The number of allylic oxidation sites excluding steroid dienone is 2. The van der Waals surface area contributed by atoms with E-state index in [0.29, 0.717) is 17.2 Å². The standard InChI is InChI=1S/C21H17F3N4OS/c1-13(26)16(10-25)19(29)12-30-20-27-17-9-15(21(22,23)24)7-8-18(17)28(20)11-14-5-3-2-4-6-14/h2-9H,11-12,26H2,1H3/b16-13-. The van der Waals surface area contributed by atoms with E-state index in [9.17, 15) is 18.0 Å². The number of carbonyl (C=O) groups is 1. The molecule has 0 amide bonds. The smallest absolute Gasteiger partial charge is 0.401 e. The van der Waals surface area contributed by atoms with Gasteiger partial charge in [0.1, 0.15) is 11.6 Å². The van der Waals surface area contributed by atoms with Gasteiger partial charge in [-0.2, -0.15) is 18.4 Å². The molecule has 1 aromatic heterocycles. The Morgan fingerprint density at radius 2 is 1.93 bits per heavy atom. The molecule has 5 nitrogen and oxygen atoms in total. The maximum Gasteiger partial charge on any atom is 0.416 e. The first-order valence-electron chi connectivity index (χ1n) is 8.84. The highest BCUT2D eigenvalue weighted by Crippen LogP contribution is 2.33. The van der Waals surface area contributed by atoms with E-state index in [4.69, 9.17) is 11.0 Å². The Balaban J connectivity index is 2.00. The lowest BCUT2D eigenvalue weighted by Crippen LogP contribution is -2.11. The van der Waals surface area contributed by atoms with Gasteiger partial charge in [-0.3, -0.25) is 4.79 Å². The number of benzene rings is 2. The van der Waals surface area contributed by atoms with Gasteiger partial charge in [-0.15, -0.1) is 0 Å².